The summed E-state index contributed by atoms with van der Waals surface area (Å²) in [6.45, 7) is 1.97. The Kier molecular flexibility index (Phi) is 1.96. The van der Waals surface area contributed by atoms with Crippen LogP contribution in [0.1, 0.15) is 5.69 Å². The number of hydrogen-bond acceptors (Lipinski definition) is 2. The minimum Gasteiger partial charge on any atom is -0.284 e. The Morgan fingerprint density at radius 3 is 2.69 bits per heavy atom. The third kappa shape index (κ3) is 1.37. The van der Waals surface area contributed by atoms with Gasteiger partial charge in [-0.15, -0.1) is 0 Å². The highest BCUT2D eigenvalue weighted by Gasteiger charge is 2.05. The SMILES string of the molecule is Cc1ccn2c(-c3ccccc3)cnc2n1. The van der Waals surface area contributed by atoms with Gasteiger partial charge in [-0.05, 0) is 13.0 Å². The molecule has 3 aromatic rings. The van der Waals surface area contributed by atoms with Crippen LogP contribution in [0.5, 0.6) is 0 Å². The molecule has 0 atom stereocenters. The second kappa shape index (κ2) is 3.45. The van der Waals surface area contributed by atoms with Crippen molar-refractivity contribution in [3.8, 4) is 11.3 Å². The summed E-state index contributed by atoms with van der Waals surface area (Å²) in [6, 6.07) is 12.2. The maximum Gasteiger partial charge on any atom is 0.234 e. The fraction of sp³-hybridized carbons (Fsp3) is 0.0769. The first-order valence-electron chi connectivity index (χ1n) is 5.21. The van der Waals surface area contributed by atoms with E-state index in [0.717, 1.165) is 22.7 Å². The van der Waals surface area contributed by atoms with E-state index in [0.29, 0.717) is 0 Å². The normalized spacial score (nSPS) is 10.8. The van der Waals surface area contributed by atoms with Gasteiger partial charge in [0.05, 0.1) is 11.9 Å². The molecule has 0 saturated carbocycles. The minimum atomic E-state index is 0.749. The van der Waals surface area contributed by atoms with Gasteiger partial charge in [-0.3, -0.25) is 4.40 Å². The van der Waals surface area contributed by atoms with Gasteiger partial charge >= 0.3 is 0 Å². The van der Waals surface area contributed by atoms with Crippen molar-refractivity contribution in [3.05, 3.63) is 54.5 Å². The van der Waals surface area contributed by atoms with Gasteiger partial charge < -0.3 is 0 Å². The fourth-order valence-corrected chi connectivity index (χ4v) is 1.78. The highest BCUT2D eigenvalue weighted by molar-refractivity contribution is 5.62. The number of aromatic nitrogens is 3. The molecule has 0 bridgehead atoms. The van der Waals surface area contributed by atoms with E-state index in [-0.39, 0.29) is 0 Å². The molecule has 0 fully saturated rings. The summed E-state index contributed by atoms with van der Waals surface area (Å²) in [5.74, 6) is 0.749. The van der Waals surface area contributed by atoms with Crippen LogP contribution in [0.2, 0.25) is 0 Å². The largest absolute Gasteiger partial charge is 0.284 e. The number of benzene rings is 1. The van der Waals surface area contributed by atoms with Crippen molar-refractivity contribution >= 4 is 5.78 Å². The van der Waals surface area contributed by atoms with Crippen LogP contribution in [0, 0.1) is 6.92 Å². The number of fused-ring (bicyclic) bond motifs is 1. The van der Waals surface area contributed by atoms with Crippen molar-refractivity contribution in [3.63, 3.8) is 0 Å². The molecule has 0 aliphatic carbocycles. The van der Waals surface area contributed by atoms with Gasteiger partial charge in [-0.2, -0.15) is 0 Å². The molecule has 0 amide bonds. The van der Waals surface area contributed by atoms with Gasteiger partial charge in [0.25, 0.3) is 0 Å². The topological polar surface area (TPSA) is 30.2 Å². The van der Waals surface area contributed by atoms with Gasteiger partial charge in [-0.1, -0.05) is 30.3 Å². The predicted molar refractivity (Wildman–Crippen MR) is 63.2 cm³/mol. The molecule has 3 heteroatoms. The quantitative estimate of drug-likeness (QED) is 0.616. The molecule has 0 aliphatic rings. The smallest absolute Gasteiger partial charge is 0.234 e. The van der Waals surface area contributed by atoms with E-state index < -0.39 is 0 Å². The number of nitrogens with zero attached hydrogens (tertiary/aromatic N) is 3. The number of rotatable bonds is 1. The summed E-state index contributed by atoms with van der Waals surface area (Å²) >= 11 is 0. The van der Waals surface area contributed by atoms with Crippen LogP contribution in [-0.4, -0.2) is 14.4 Å². The molecule has 2 heterocycles. The summed E-state index contributed by atoms with van der Waals surface area (Å²) in [5, 5.41) is 0. The first-order chi connectivity index (χ1) is 7.84. The van der Waals surface area contributed by atoms with E-state index in [1.54, 1.807) is 0 Å². The van der Waals surface area contributed by atoms with Crippen molar-refractivity contribution in [2.24, 2.45) is 0 Å². The van der Waals surface area contributed by atoms with Crippen LogP contribution in [0.4, 0.5) is 0 Å². The van der Waals surface area contributed by atoms with Gasteiger partial charge in [0.15, 0.2) is 0 Å². The van der Waals surface area contributed by atoms with Crippen molar-refractivity contribution in [1.29, 1.82) is 0 Å². The summed E-state index contributed by atoms with van der Waals surface area (Å²) in [7, 11) is 0. The summed E-state index contributed by atoms with van der Waals surface area (Å²) < 4.78 is 2.00. The van der Waals surface area contributed by atoms with Gasteiger partial charge in [-0.25, -0.2) is 9.97 Å². The molecule has 0 spiro atoms. The Balaban J connectivity index is 2.26. The van der Waals surface area contributed by atoms with E-state index in [1.165, 1.54) is 0 Å². The molecule has 2 aromatic heterocycles. The van der Waals surface area contributed by atoms with E-state index in [4.69, 9.17) is 0 Å². The second-order valence-electron chi connectivity index (χ2n) is 3.75. The summed E-state index contributed by atoms with van der Waals surface area (Å²) in [6.07, 6.45) is 3.87. The maximum atomic E-state index is 4.37. The zero-order chi connectivity index (χ0) is 11.0. The lowest BCUT2D eigenvalue weighted by molar-refractivity contribution is 1.07. The van der Waals surface area contributed by atoms with Crippen molar-refractivity contribution in [1.82, 2.24) is 14.4 Å². The van der Waals surface area contributed by atoms with Crippen LogP contribution < -0.4 is 0 Å². The van der Waals surface area contributed by atoms with Crippen molar-refractivity contribution in [2.75, 3.05) is 0 Å². The Labute approximate surface area is 93.4 Å². The molecule has 0 saturated heterocycles. The summed E-state index contributed by atoms with van der Waals surface area (Å²) in [5.41, 5.74) is 3.21. The number of hydrogen-bond donors (Lipinski definition) is 0. The zero-order valence-corrected chi connectivity index (χ0v) is 8.96. The molecule has 3 nitrogen and oxygen atoms in total. The van der Waals surface area contributed by atoms with Crippen molar-refractivity contribution in [2.45, 2.75) is 6.92 Å². The standard InChI is InChI=1S/C13H11N3/c1-10-7-8-16-12(9-14-13(16)15-10)11-5-3-2-4-6-11/h2-9H,1H3. The van der Waals surface area contributed by atoms with Crippen LogP contribution in [0.15, 0.2) is 48.8 Å². The van der Waals surface area contributed by atoms with Crippen LogP contribution in [0.3, 0.4) is 0 Å². The minimum absolute atomic E-state index is 0.749. The second-order valence-corrected chi connectivity index (χ2v) is 3.75. The first-order valence-corrected chi connectivity index (χ1v) is 5.21. The van der Waals surface area contributed by atoms with Crippen LogP contribution >= 0.6 is 0 Å². The van der Waals surface area contributed by atoms with Gasteiger partial charge in [0.2, 0.25) is 5.78 Å². The lowest BCUT2D eigenvalue weighted by Gasteiger charge is -2.01. The maximum absolute atomic E-state index is 4.37. The number of aryl methyl sites for hydroxylation is 1. The molecular formula is C13H11N3. The Morgan fingerprint density at radius 1 is 1.06 bits per heavy atom. The monoisotopic (exact) mass is 209 g/mol. The van der Waals surface area contributed by atoms with E-state index >= 15 is 0 Å². The lowest BCUT2D eigenvalue weighted by atomic mass is 10.2. The van der Waals surface area contributed by atoms with E-state index in [2.05, 4.69) is 22.1 Å². The molecule has 78 valence electrons. The number of imidazole rings is 1. The summed E-state index contributed by atoms with van der Waals surface area (Å²) in [4.78, 5) is 8.68. The molecule has 0 aliphatic heterocycles. The Bertz CT molecular complexity index is 626. The third-order valence-electron chi connectivity index (χ3n) is 2.59. The van der Waals surface area contributed by atoms with Gasteiger partial charge in [0, 0.05) is 17.5 Å². The highest BCUT2D eigenvalue weighted by atomic mass is 15.1. The average molecular weight is 209 g/mol. The molecule has 0 unspecified atom stereocenters. The average Bonchev–Trinajstić information content (AvgIpc) is 2.73. The van der Waals surface area contributed by atoms with E-state index in [9.17, 15) is 0 Å². The molecule has 16 heavy (non-hydrogen) atoms. The fourth-order valence-electron chi connectivity index (χ4n) is 1.78. The first kappa shape index (κ1) is 9.09. The lowest BCUT2D eigenvalue weighted by Crippen LogP contribution is -1.92. The zero-order valence-electron chi connectivity index (χ0n) is 8.96. The van der Waals surface area contributed by atoms with Crippen molar-refractivity contribution < 1.29 is 0 Å². The molecule has 3 rings (SSSR count). The van der Waals surface area contributed by atoms with Crippen LogP contribution in [-0.2, 0) is 0 Å². The highest BCUT2D eigenvalue weighted by Crippen LogP contribution is 2.19. The molecular weight excluding hydrogens is 198 g/mol. The molecule has 0 radical (unpaired) electrons. The molecule has 1 aromatic carbocycles. The predicted octanol–water partition coefficient (Wildman–Crippen LogP) is 2.70. The Hall–Kier alpha value is -2.16. The third-order valence-corrected chi connectivity index (χ3v) is 2.59. The van der Waals surface area contributed by atoms with Gasteiger partial charge in [0.1, 0.15) is 0 Å². The van der Waals surface area contributed by atoms with Crippen LogP contribution in [0.25, 0.3) is 17.0 Å². The Morgan fingerprint density at radius 2 is 1.88 bits per heavy atom. The molecule has 0 N–H and O–H groups in total. The van der Waals surface area contributed by atoms with E-state index in [1.807, 2.05) is 48.0 Å².